The van der Waals surface area contributed by atoms with Crippen molar-refractivity contribution in [3.8, 4) is 0 Å². The maximum Gasteiger partial charge on any atom is 0.441 e. The molecule has 0 spiro atoms. The van der Waals surface area contributed by atoms with E-state index in [4.69, 9.17) is 10.3 Å². The number of hydrogen-bond donors (Lipinski definition) is 0. The standard InChI is InChI=1S/C16H18N2O4/c1-3-10-22-14(12-8-6-5-7-9-12)11-13(19)15(18-17)16(20)21-4-2/h3,5-9,14H,1,4,10-11H2,2H3. The van der Waals surface area contributed by atoms with E-state index in [1.807, 2.05) is 18.2 Å². The van der Waals surface area contributed by atoms with Gasteiger partial charge in [-0.3, -0.25) is 4.79 Å². The molecule has 0 saturated heterocycles. The topological polar surface area (TPSA) is 89.0 Å². The van der Waals surface area contributed by atoms with Crippen LogP contribution in [0.15, 0.2) is 43.0 Å². The van der Waals surface area contributed by atoms with E-state index in [-0.39, 0.29) is 19.6 Å². The van der Waals surface area contributed by atoms with Crippen LogP contribution >= 0.6 is 0 Å². The second-order valence-corrected chi connectivity index (χ2v) is 4.32. The Morgan fingerprint density at radius 2 is 2.05 bits per heavy atom. The fourth-order valence-corrected chi connectivity index (χ4v) is 1.80. The van der Waals surface area contributed by atoms with Crippen LogP contribution < -0.4 is 0 Å². The van der Waals surface area contributed by atoms with Gasteiger partial charge in [0.15, 0.2) is 0 Å². The van der Waals surface area contributed by atoms with E-state index in [1.165, 1.54) is 0 Å². The van der Waals surface area contributed by atoms with Crippen molar-refractivity contribution in [1.82, 2.24) is 0 Å². The number of esters is 1. The van der Waals surface area contributed by atoms with Crippen molar-refractivity contribution in [2.45, 2.75) is 19.4 Å². The van der Waals surface area contributed by atoms with Gasteiger partial charge in [-0.05, 0) is 12.5 Å². The van der Waals surface area contributed by atoms with Crippen molar-refractivity contribution in [2.24, 2.45) is 0 Å². The van der Waals surface area contributed by atoms with E-state index in [9.17, 15) is 9.59 Å². The van der Waals surface area contributed by atoms with Crippen molar-refractivity contribution in [2.75, 3.05) is 13.2 Å². The molecule has 1 atom stereocenters. The van der Waals surface area contributed by atoms with Crippen LogP contribution in [-0.4, -0.2) is 35.5 Å². The Morgan fingerprint density at radius 3 is 2.59 bits per heavy atom. The first-order valence-corrected chi connectivity index (χ1v) is 6.83. The smallest absolute Gasteiger partial charge is 0.441 e. The van der Waals surface area contributed by atoms with Gasteiger partial charge in [-0.2, -0.15) is 4.79 Å². The molecule has 1 unspecified atom stereocenters. The molecule has 0 heterocycles. The number of hydrogen-bond acceptors (Lipinski definition) is 4. The van der Waals surface area contributed by atoms with Crippen LogP contribution in [0.25, 0.3) is 5.53 Å². The van der Waals surface area contributed by atoms with Gasteiger partial charge in [0.1, 0.15) is 0 Å². The number of nitrogens with zero attached hydrogens (tertiary/aromatic N) is 2. The third kappa shape index (κ3) is 5.09. The lowest BCUT2D eigenvalue weighted by atomic mass is 10.0. The lowest BCUT2D eigenvalue weighted by Crippen LogP contribution is -2.29. The molecule has 1 aromatic rings. The molecular weight excluding hydrogens is 284 g/mol. The van der Waals surface area contributed by atoms with Gasteiger partial charge in [-0.15, -0.1) is 6.58 Å². The molecule has 0 aromatic heterocycles. The fourth-order valence-electron chi connectivity index (χ4n) is 1.80. The Kier molecular flexibility index (Phi) is 7.47. The minimum Gasteiger partial charge on any atom is -0.457 e. The zero-order valence-corrected chi connectivity index (χ0v) is 12.4. The van der Waals surface area contributed by atoms with E-state index < -0.39 is 23.6 Å². The first-order valence-electron chi connectivity index (χ1n) is 6.83. The summed E-state index contributed by atoms with van der Waals surface area (Å²) in [5, 5.41) is 0. The highest BCUT2D eigenvalue weighted by Gasteiger charge is 2.33. The Morgan fingerprint density at radius 1 is 1.36 bits per heavy atom. The monoisotopic (exact) mass is 302 g/mol. The quantitative estimate of drug-likeness (QED) is 0.174. The number of rotatable bonds is 9. The van der Waals surface area contributed by atoms with Crippen LogP contribution in [0.3, 0.4) is 0 Å². The van der Waals surface area contributed by atoms with Crippen LogP contribution in [-0.2, 0) is 19.1 Å². The molecule has 22 heavy (non-hydrogen) atoms. The summed E-state index contributed by atoms with van der Waals surface area (Å²) in [6.07, 6.45) is 0.848. The molecule has 0 radical (unpaired) electrons. The van der Waals surface area contributed by atoms with E-state index in [0.717, 1.165) is 5.56 Å². The third-order valence-electron chi connectivity index (χ3n) is 2.79. The Balaban J connectivity index is 2.89. The summed E-state index contributed by atoms with van der Waals surface area (Å²) in [7, 11) is 0. The first kappa shape index (κ1) is 17.5. The van der Waals surface area contributed by atoms with Crippen molar-refractivity contribution in [3.63, 3.8) is 0 Å². The SMILES string of the molecule is C=CCOC(CC(=O)C(=[N+]=[N-])C(=O)OCC)c1ccccc1. The van der Waals surface area contributed by atoms with E-state index >= 15 is 0 Å². The molecule has 0 aliphatic heterocycles. The Bertz CT molecular complexity index is 577. The predicted molar refractivity (Wildman–Crippen MR) is 80.2 cm³/mol. The number of ketones is 1. The molecule has 0 N–H and O–H groups in total. The molecule has 0 fully saturated rings. The van der Waals surface area contributed by atoms with E-state index in [0.29, 0.717) is 0 Å². The average Bonchev–Trinajstić information content (AvgIpc) is 2.53. The van der Waals surface area contributed by atoms with Crippen LogP contribution in [0.1, 0.15) is 25.0 Å². The summed E-state index contributed by atoms with van der Waals surface area (Å²) in [6.45, 7) is 5.49. The summed E-state index contributed by atoms with van der Waals surface area (Å²) in [5.41, 5.74) is 9.00. The van der Waals surface area contributed by atoms with Gasteiger partial charge in [0, 0.05) is 6.42 Å². The van der Waals surface area contributed by atoms with Gasteiger partial charge in [0.25, 0.3) is 5.78 Å². The zero-order chi connectivity index (χ0) is 16.4. The fraction of sp³-hybridized carbons (Fsp3) is 0.312. The average molecular weight is 302 g/mol. The molecular formula is C16H18N2O4. The van der Waals surface area contributed by atoms with Crippen molar-refractivity contribution in [3.05, 3.63) is 54.1 Å². The molecule has 1 rings (SSSR count). The summed E-state index contributed by atoms with van der Waals surface area (Å²) in [4.78, 5) is 26.4. The molecule has 0 amide bonds. The molecule has 116 valence electrons. The summed E-state index contributed by atoms with van der Waals surface area (Å²) in [5.74, 6) is -1.61. The number of Topliss-reactive ketones (excluding diaryl/α,β-unsaturated/α-hetero) is 1. The highest BCUT2D eigenvalue weighted by molar-refractivity contribution is 6.62. The maximum absolute atomic E-state index is 12.1. The minimum absolute atomic E-state index is 0.0835. The van der Waals surface area contributed by atoms with Gasteiger partial charge < -0.3 is 15.0 Å². The largest absolute Gasteiger partial charge is 0.457 e. The van der Waals surface area contributed by atoms with Gasteiger partial charge in [0.05, 0.1) is 19.3 Å². The molecule has 6 heteroatoms. The van der Waals surface area contributed by atoms with Crippen molar-refractivity contribution >= 4 is 17.5 Å². The van der Waals surface area contributed by atoms with Crippen LogP contribution in [0, 0.1) is 0 Å². The highest BCUT2D eigenvalue weighted by atomic mass is 16.5. The van der Waals surface area contributed by atoms with Crippen molar-refractivity contribution < 1.29 is 23.9 Å². The van der Waals surface area contributed by atoms with Crippen LogP contribution in [0.4, 0.5) is 0 Å². The van der Waals surface area contributed by atoms with Gasteiger partial charge in [0.2, 0.25) is 0 Å². The van der Waals surface area contributed by atoms with Gasteiger partial charge in [-0.25, -0.2) is 4.79 Å². The number of carbonyl (C=O) groups is 2. The van der Waals surface area contributed by atoms with Gasteiger partial charge in [-0.1, -0.05) is 36.4 Å². The molecule has 1 aromatic carbocycles. The molecule has 0 aliphatic rings. The van der Waals surface area contributed by atoms with Crippen LogP contribution in [0.5, 0.6) is 0 Å². The molecule has 0 saturated carbocycles. The molecule has 0 aliphatic carbocycles. The van der Waals surface area contributed by atoms with Crippen molar-refractivity contribution in [1.29, 1.82) is 0 Å². The highest BCUT2D eigenvalue weighted by Crippen LogP contribution is 2.21. The summed E-state index contributed by atoms with van der Waals surface area (Å²) in [6, 6.07) is 9.09. The zero-order valence-electron chi connectivity index (χ0n) is 12.4. The summed E-state index contributed by atoms with van der Waals surface area (Å²) < 4.78 is 10.2. The third-order valence-corrected chi connectivity index (χ3v) is 2.79. The van der Waals surface area contributed by atoms with Crippen LogP contribution in [0.2, 0.25) is 0 Å². The molecule has 0 bridgehead atoms. The second kappa shape index (κ2) is 9.39. The predicted octanol–water partition coefficient (Wildman–Crippen LogP) is 2.12. The van der Waals surface area contributed by atoms with E-state index in [2.05, 4.69) is 16.1 Å². The first-order chi connectivity index (χ1) is 10.6. The lowest BCUT2D eigenvalue weighted by molar-refractivity contribution is -0.142. The summed E-state index contributed by atoms with van der Waals surface area (Å²) >= 11 is 0. The number of ether oxygens (including phenoxy) is 2. The number of benzene rings is 1. The lowest BCUT2D eigenvalue weighted by Gasteiger charge is -2.15. The minimum atomic E-state index is -0.953. The Hall–Kier alpha value is -2.56. The normalized spacial score (nSPS) is 11.1. The molecule has 6 nitrogen and oxygen atoms in total. The van der Waals surface area contributed by atoms with E-state index in [1.54, 1.807) is 25.1 Å². The second-order valence-electron chi connectivity index (χ2n) is 4.32. The van der Waals surface area contributed by atoms with Gasteiger partial charge >= 0.3 is 11.7 Å². The Labute approximate surface area is 129 Å². The number of carbonyl (C=O) groups excluding carboxylic acids is 2. The maximum atomic E-state index is 12.1.